The minimum absolute atomic E-state index is 0.0670. The highest BCUT2D eigenvalue weighted by Gasteiger charge is 2.35. The van der Waals surface area contributed by atoms with E-state index < -0.39 is 11.4 Å². The van der Waals surface area contributed by atoms with E-state index in [9.17, 15) is 14.7 Å². The third-order valence-corrected chi connectivity index (χ3v) is 5.99. The Morgan fingerprint density at radius 3 is 2.19 bits per heavy atom. The molecule has 0 aromatic heterocycles. The molecule has 0 aliphatic carbocycles. The Kier molecular flexibility index (Phi) is 6.58. The molecule has 1 aliphatic rings. The van der Waals surface area contributed by atoms with Gasteiger partial charge in [-0.1, -0.05) is 31.5 Å². The molecule has 1 amide bonds. The van der Waals surface area contributed by atoms with E-state index in [-0.39, 0.29) is 5.91 Å². The minimum atomic E-state index is -0.941. The van der Waals surface area contributed by atoms with Crippen molar-refractivity contribution in [3.63, 3.8) is 0 Å². The van der Waals surface area contributed by atoms with Crippen LogP contribution < -0.4 is 9.64 Å². The molecule has 1 N–H and O–H groups in total. The van der Waals surface area contributed by atoms with E-state index in [2.05, 4.69) is 4.90 Å². The van der Waals surface area contributed by atoms with Crippen molar-refractivity contribution < 1.29 is 19.4 Å². The van der Waals surface area contributed by atoms with Gasteiger partial charge in [0.25, 0.3) is 0 Å². The summed E-state index contributed by atoms with van der Waals surface area (Å²) < 4.78 is 5.22. The number of hydrogen-bond donors (Lipinski definition) is 1. The maximum atomic E-state index is 13.3. The highest BCUT2D eigenvalue weighted by molar-refractivity contribution is 5.92. The maximum Gasteiger partial charge on any atom is 0.336 e. The van der Waals surface area contributed by atoms with Crippen molar-refractivity contribution in [1.29, 1.82) is 0 Å². The number of methoxy groups -OCH3 is 1. The van der Waals surface area contributed by atoms with Crippen LogP contribution in [0.3, 0.4) is 0 Å². The molecule has 0 spiro atoms. The molecule has 1 saturated heterocycles. The average Bonchev–Trinajstić information content (AvgIpc) is 2.72. The van der Waals surface area contributed by atoms with Crippen LogP contribution in [0.15, 0.2) is 36.4 Å². The van der Waals surface area contributed by atoms with Crippen LogP contribution in [0.2, 0.25) is 0 Å². The number of carbonyl (C=O) groups is 2. The lowest BCUT2D eigenvalue weighted by atomic mass is 9.81. The quantitative estimate of drug-likeness (QED) is 0.761. The summed E-state index contributed by atoms with van der Waals surface area (Å²) in [5.74, 6) is -0.0485. The topological polar surface area (TPSA) is 70.1 Å². The number of piperazine rings is 1. The molecule has 3 rings (SSSR count). The van der Waals surface area contributed by atoms with Gasteiger partial charge in [0.1, 0.15) is 5.75 Å². The molecular formula is C25H32N2O4. The molecule has 1 aliphatic heterocycles. The summed E-state index contributed by atoms with van der Waals surface area (Å²) in [4.78, 5) is 29.3. The molecule has 1 fully saturated rings. The van der Waals surface area contributed by atoms with Gasteiger partial charge in [-0.3, -0.25) is 4.79 Å². The number of aryl methyl sites for hydroxylation is 2. The maximum absolute atomic E-state index is 13.3. The first-order valence-corrected chi connectivity index (χ1v) is 10.6. The number of carbonyl (C=O) groups excluding carboxylic acids is 1. The number of carboxylic acid groups (broad SMARTS) is 1. The fourth-order valence-electron chi connectivity index (χ4n) is 4.44. The molecule has 6 heteroatoms. The van der Waals surface area contributed by atoms with Gasteiger partial charge in [0.05, 0.1) is 12.7 Å². The van der Waals surface area contributed by atoms with Crippen LogP contribution >= 0.6 is 0 Å². The molecule has 1 heterocycles. The molecule has 0 bridgehead atoms. The van der Waals surface area contributed by atoms with Crippen molar-refractivity contribution in [1.82, 2.24) is 4.90 Å². The van der Waals surface area contributed by atoms with Gasteiger partial charge in [0.15, 0.2) is 0 Å². The van der Waals surface area contributed by atoms with E-state index in [1.165, 1.54) is 0 Å². The van der Waals surface area contributed by atoms with Gasteiger partial charge in [-0.15, -0.1) is 0 Å². The molecule has 166 valence electrons. The zero-order valence-electron chi connectivity index (χ0n) is 19.1. The zero-order chi connectivity index (χ0) is 22.8. The second-order valence-electron chi connectivity index (χ2n) is 8.96. The lowest BCUT2D eigenvalue weighted by Gasteiger charge is -2.39. The number of ether oxygens (including phenoxy) is 1. The monoisotopic (exact) mass is 424 g/mol. The Hall–Kier alpha value is -3.02. The average molecular weight is 425 g/mol. The van der Waals surface area contributed by atoms with Gasteiger partial charge >= 0.3 is 5.97 Å². The Bertz CT molecular complexity index is 958. The van der Waals surface area contributed by atoms with E-state index in [1.54, 1.807) is 7.11 Å². The first-order chi connectivity index (χ1) is 14.6. The summed E-state index contributed by atoms with van der Waals surface area (Å²) in [5, 5.41) is 9.68. The molecular weight excluding hydrogens is 392 g/mol. The number of anilines is 1. The van der Waals surface area contributed by atoms with Crippen LogP contribution in [0.25, 0.3) is 0 Å². The summed E-state index contributed by atoms with van der Waals surface area (Å²) in [7, 11) is 1.65. The molecule has 0 radical (unpaired) electrons. The summed E-state index contributed by atoms with van der Waals surface area (Å²) in [6.45, 7) is 10.4. The summed E-state index contributed by atoms with van der Waals surface area (Å²) in [6.07, 6.45) is 0.398. The van der Waals surface area contributed by atoms with Crippen LogP contribution in [0.1, 0.15) is 40.9 Å². The lowest BCUT2D eigenvalue weighted by Crippen LogP contribution is -2.52. The zero-order valence-corrected chi connectivity index (χ0v) is 19.1. The molecule has 0 unspecified atom stereocenters. The number of carboxylic acids is 1. The van der Waals surface area contributed by atoms with Gasteiger partial charge < -0.3 is 19.6 Å². The number of nitrogens with zero attached hydrogens (tertiary/aromatic N) is 2. The van der Waals surface area contributed by atoms with E-state index >= 15 is 0 Å². The van der Waals surface area contributed by atoms with Crippen molar-refractivity contribution in [2.45, 2.75) is 34.1 Å². The SMILES string of the molecule is COc1ccc(N2CCN(C(=O)C(C)(C)Cc3cc(C)cc(C)c3C(=O)O)CC2)cc1. The lowest BCUT2D eigenvalue weighted by molar-refractivity contribution is -0.140. The van der Waals surface area contributed by atoms with Crippen molar-refractivity contribution in [2.24, 2.45) is 5.41 Å². The standard InChI is InChI=1S/C25H32N2O4/c1-17-14-18(2)22(23(28)29)19(15-17)16-25(3,4)24(30)27-12-10-26(11-13-27)20-6-8-21(31-5)9-7-20/h6-9,14-15H,10-13,16H2,1-5H3,(H,28,29). The summed E-state index contributed by atoms with van der Waals surface area (Å²) in [6, 6.07) is 11.7. The molecule has 31 heavy (non-hydrogen) atoms. The molecule has 2 aromatic carbocycles. The highest BCUT2D eigenvalue weighted by Crippen LogP contribution is 2.30. The number of rotatable bonds is 6. The number of hydrogen-bond acceptors (Lipinski definition) is 4. The van der Waals surface area contributed by atoms with Crippen LogP contribution in [0.5, 0.6) is 5.75 Å². The van der Waals surface area contributed by atoms with Gasteiger partial charge in [-0.05, 0) is 55.7 Å². The van der Waals surface area contributed by atoms with Gasteiger partial charge in [-0.25, -0.2) is 4.79 Å². The third kappa shape index (κ3) is 5.01. The van der Waals surface area contributed by atoms with Crippen LogP contribution in [-0.2, 0) is 11.2 Å². The molecule has 0 atom stereocenters. The van der Waals surface area contributed by atoms with Crippen LogP contribution in [0, 0.1) is 19.3 Å². The molecule has 2 aromatic rings. The van der Waals surface area contributed by atoms with Crippen molar-refractivity contribution >= 4 is 17.6 Å². The van der Waals surface area contributed by atoms with Crippen molar-refractivity contribution in [2.75, 3.05) is 38.2 Å². The number of aromatic carboxylic acids is 1. The predicted octanol–water partition coefficient (Wildman–Crippen LogP) is 3.93. The summed E-state index contributed by atoms with van der Waals surface area (Å²) in [5.41, 5.74) is 3.21. The fourth-order valence-corrected chi connectivity index (χ4v) is 4.44. The van der Waals surface area contributed by atoms with Crippen LogP contribution in [-0.4, -0.2) is 55.2 Å². The van der Waals surface area contributed by atoms with E-state index in [0.29, 0.717) is 25.1 Å². The van der Waals surface area contributed by atoms with E-state index in [1.807, 2.05) is 69.0 Å². The van der Waals surface area contributed by atoms with Crippen molar-refractivity contribution in [3.05, 3.63) is 58.7 Å². The minimum Gasteiger partial charge on any atom is -0.497 e. The Morgan fingerprint density at radius 1 is 1.03 bits per heavy atom. The fraction of sp³-hybridized carbons (Fsp3) is 0.440. The number of amides is 1. The first kappa shape index (κ1) is 22.7. The number of benzene rings is 2. The first-order valence-electron chi connectivity index (χ1n) is 10.6. The third-order valence-electron chi connectivity index (χ3n) is 5.99. The smallest absolute Gasteiger partial charge is 0.336 e. The largest absolute Gasteiger partial charge is 0.497 e. The Labute approximate surface area is 184 Å². The highest BCUT2D eigenvalue weighted by atomic mass is 16.5. The van der Waals surface area contributed by atoms with E-state index in [0.717, 1.165) is 41.2 Å². The Balaban J connectivity index is 1.69. The molecule has 0 saturated carbocycles. The normalized spacial score (nSPS) is 14.5. The Morgan fingerprint density at radius 2 is 1.65 bits per heavy atom. The second-order valence-corrected chi connectivity index (χ2v) is 8.96. The second kappa shape index (κ2) is 9.00. The van der Waals surface area contributed by atoms with Crippen LogP contribution in [0.4, 0.5) is 5.69 Å². The van der Waals surface area contributed by atoms with Crippen molar-refractivity contribution in [3.8, 4) is 5.75 Å². The predicted molar refractivity (Wildman–Crippen MR) is 122 cm³/mol. The van der Waals surface area contributed by atoms with Gasteiger partial charge in [0, 0.05) is 37.3 Å². The van der Waals surface area contributed by atoms with E-state index in [4.69, 9.17) is 4.74 Å². The molecule has 6 nitrogen and oxygen atoms in total. The van der Waals surface area contributed by atoms with Gasteiger partial charge in [0.2, 0.25) is 5.91 Å². The van der Waals surface area contributed by atoms with Gasteiger partial charge in [-0.2, -0.15) is 0 Å². The summed E-state index contributed by atoms with van der Waals surface area (Å²) >= 11 is 0.